The van der Waals surface area contributed by atoms with E-state index in [4.69, 9.17) is 14.9 Å². The van der Waals surface area contributed by atoms with Gasteiger partial charge in [-0.05, 0) is 13.3 Å². The molecule has 1 aliphatic heterocycles. The highest BCUT2D eigenvalue weighted by Gasteiger charge is 2.37. The van der Waals surface area contributed by atoms with Crippen LogP contribution < -0.4 is 0 Å². The maximum absolute atomic E-state index is 10.4. The lowest BCUT2D eigenvalue weighted by molar-refractivity contribution is -0.137. The minimum Gasteiger partial charge on any atom is -0.481 e. The van der Waals surface area contributed by atoms with Crippen molar-refractivity contribution in [2.75, 3.05) is 5.75 Å². The molecule has 1 heterocycles. The molecule has 1 saturated heterocycles. The van der Waals surface area contributed by atoms with Crippen molar-refractivity contribution in [3.05, 3.63) is 0 Å². The van der Waals surface area contributed by atoms with E-state index in [1.54, 1.807) is 13.8 Å². The number of ether oxygens (including phenoxy) is 1. The summed E-state index contributed by atoms with van der Waals surface area (Å²) in [5, 5.41) is 16.0. The van der Waals surface area contributed by atoms with Crippen LogP contribution in [0, 0.1) is 0 Å². The van der Waals surface area contributed by atoms with Crippen molar-refractivity contribution >= 4 is 23.7 Å². The molecule has 1 fully saturated rings. The van der Waals surface area contributed by atoms with Gasteiger partial charge in [-0.25, -0.2) is 0 Å². The molecule has 0 radical (unpaired) electrons. The zero-order valence-electron chi connectivity index (χ0n) is 10.4. The maximum atomic E-state index is 10.4. The van der Waals surface area contributed by atoms with Crippen molar-refractivity contribution < 1.29 is 24.5 Å². The van der Waals surface area contributed by atoms with E-state index in [0.717, 1.165) is 12.2 Å². The molecule has 5 nitrogen and oxygen atoms in total. The average Bonchev–Trinajstić information content (AvgIpc) is 3.05. The molecular formula is C11H20O5S. The molecule has 100 valence electrons. The molecule has 1 aliphatic rings. The lowest BCUT2D eigenvalue weighted by Crippen LogP contribution is -2.13. The first-order valence-electron chi connectivity index (χ1n) is 5.63. The van der Waals surface area contributed by atoms with Crippen molar-refractivity contribution in [1.29, 1.82) is 0 Å². The molecule has 0 aromatic carbocycles. The van der Waals surface area contributed by atoms with Gasteiger partial charge in [0.25, 0.3) is 0 Å². The van der Waals surface area contributed by atoms with Crippen LogP contribution in [0.25, 0.3) is 0 Å². The SMILES string of the molecule is CCC(=O)O.CCC1OC1CSC(C)C(=O)O. The molecule has 6 heteroatoms. The lowest BCUT2D eigenvalue weighted by Gasteiger charge is -2.02. The standard InChI is InChI=1S/C8H14O3S.C3H6O2/c1-3-6-7(11-6)4-12-5(2)8(9)10;1-2-3(4)5/h5-7H,3-4H2,1-2H3,(H,9,10);2H2,1H3,(H,4,5). The minimum atomic E-state index is -0.745. The predicted octanol–water partition coefficient (Wildman–Crippen LogP) is 1.85. The zero-order valence-corrected chi connectivity index (χ0v) is 11.2. The van der Waals surface area contributed by atoms with E-state index >= 15 is 0 Å². The van der Waals surface area contributed by atoms with Crippen molar-refractivity contribution in [2.24, 2.45) is 0 Å². The summed E-state index contributed by atoms with van der Waals surface area (Å²) in [7, 11) is 0. The Labute approximate surface area is 106 Å². The normalized spacial score (nSPS) is 23.2. The number of hydrogen-bond donors (Lipinski definition) is 2. The zero-order chi connectivity index (χ0) is 13.4. The Morgan fingerprint density at radius 1 is 1.29 bits per heavy atom. The summed E-state index contributed by atoms with van der Waals surface area (Å²) in [4.78, 5) is 19.8. The molecule has 3 unspecified atom stereocenters. The fourth-order valence-corrected chi connectivity index (χ4v) is 1.91. The molecule has 0 spiro atoms. The molecule has 0 amide bonds. The average molecular weight is 264 g/mol. The van der Waals surface area contributed by atoms with Crippen LogP contribution in [-0.2, 0) is 14.3 Å². The maximum Gasteiger partial charge on any atom is 0.316 e. The molecule has 2 N–H and O–H groups in total. The van der Waals surface area contributed by atoms with Crippen LogP contribution >= 0.6 is 11.8 Å². The van der Waals surface area contributed by atoms with Gasteiger partial charge in [0.2, 0.25) is 0 Å². The van der Waals surface area contributed by atoms with Gasteiger partial charge in [0.05, 0.1) is 17.5 Å². The monoisotopic (exact) mass is 264 g/mol. The topological polar surface area (TPSA) is 87.1 Å². The second kappa shape index (κ2) is 8.36. The third-order valence-electron chi connectivity index (χ3n) is 2.25. The molecular weight excluding hydrogens is 244 g/mol. The van der Waals surface area contributed by atoms with Gasteiger partial charge in [-0.2, -0.15) is 0 Å². The van der Waals surface area contributed by atoms with Crippen LogP contribution in [0.2, 0.25) is 0 Å². The Bertz CT molecular complexity index is 256. The number of carboxylic acids is 2. The molecule has 3 atom stereocenters. The van der Waals surface area contributed by atoms with Gasteiger partial charge in [-0.15, -0.1) is 11.8 Å². The van der Waals surface area contributed by atoms with Gasteiger partial charge in [-0.1, -0.05) is 13.8 Å². The quantitative estimate of drug-likeness (QED) is 0.712. The predicted molar refractivity (Wildman–Crippen MR) is 66.4 cm³/mol. The van der Waals surface area contributed by atoms with Crippen LogP contribution in [0.4, 0.5) is 0 Å². The van der Waals surface area contributed by atoms with Crippen molar-refractivity contribution in [3.8, 4) is 0 Å². The number of hydrogen-bond acceptors (Lipinski definition) is 4. The molecule has 0 aliphatic carbocycles. The Morgan fingerprint density at radius 3 is 2.12 bits per heavy atom. The van der Waals surface area contributed by atoms with E-state index in [0.29, 0.717) is 12.2 Å². The number of carbonyl (C=O) groups is 2. The number of aliphatic carboxylic acids is 2. The summed E-state index contributed by atoms with van der Waals surface area (Å²) < 4.78 is 5.28. The fraction of sp³-hybridized carbons (Fsp3) is 0.818. The van der Waals surface area contributed by atoms with Crippen molar-refractivity contribution in [3.63, 3.8) is 0 Å². The first-order chi connectivity index (χ1) is 7.92. The van der Waals surface area contributed by atoms with Gasteiger partial charge in [-0.3, -0.25) is 9.59 Å². The Kier molecular flexibility index (Phi) is 7.99. The van der Waals surface area contributed by atoms with Gasteiger partial charge in [0, 0.05) is 12.2 Å². The molecule has 0 bridgehead atoms. The van der Waals surface area contributed by atoms with Gasteiger partial charge >= 0.3 is 11.9 Å². The fourth-order valence-electron chi connectivity index (χ4n) is 0.995. The van der Waals surface area contributed by atoms with Crippen molar-refractivity contribution in [2.45, 2.75) is 51.1 Å². The summed E-state index contributed by atoms with van der Waals surface area (Å²) in [6.07, 6.45) is 1.95. The molecule has 0 aromatic heterocycles. The van der Waals surface area contributed by atoms with E-state index in [-0.39, 0.29) is 11.7 Å². The van der Waals surface area contributed by atoms with Crippen molar-refractivity contribution in [1.82, 2.24) is 0 Å². The third kappa shape index (κ3) is 8.04. The summed E-state index contributed by atoms with van der Waals surface area (Å²) >= 11 is 1.45. The Balaban J connectivity index is 0.000000437. The first-order valence-corrected chi connectivity index (χ1v) is 6.68. The van der Waals surface area contributed by atoms with E-state index in [1.165, 1.54) is 11.8 Å². The highest BCUT2D eigenvalue weighted by atomic mass is 32.2. The van der Waals surface area contributed by atoms with Crippen LogP contribution in [-0.4, -0.2) is 45.4 Å². The van der Waals surface area contributed by atoms with Gasteiger partial charge in [0.15, 0.2) is 0 Å². The number of thioether (sulfide) groups is 1. The summed E-state index contributed by atoms with van der Waals surface area (Å²) in [5.41, 5.74) is 0. The Morgan fingerprint density at radius 2 is 1.82 bits per heavy atom. The second-order valence-corrected chi connectivity index (χ2v) is 5.06. The lowest BCUT2D eigenvalue weighted by atomic mass is 10.3. The number of rotatable bonds is 6. The van der Waals surface area contributed by atoms with Gasteiger partial charge in [0.1, 0.15) is 0 Å². The summed E-state index contributed by atoms with van der Waals surface area (Å²) in [5.74, 6) is -0.676. The van der Waals surface area contributed by atoms with E-state index in [1.807, 2.05) is 0 Å². The second-order valence-electron chi connectivity index (χ2n) is 3.68. The van der Waals surface area contributed by atoms with Crippen LogP contribution in [0.5, 0.6) is 0 Å². The minimum absolute atomic E-state index is 0.222. The highest BCUT2D eigenvalue weighted by molar-refractivity contribution is 8.00. The van der Waals surface area contributed by atoms with E-state index < -0.39 is 11.9 Å². The summed E-state index contributed by atoms with van der Waals surface area (Å²) in [6, 6.07) is 0. The molecule has 0 aromatic rings. The van der Waals surface area contributed by atoms with E-state index in [2.05, 4.69) is 6.92 Å². The number of epoxide rings is 1. The summed E-state index contributed by atoms with van der Waals surface area (Å²) in [6.45, 7) is 5.38. The molecule has 17 heavy (non-hydrogen) atoms. The van der Waals surface area contributed by atoms with Gasteiger partial charge < -0.3 is 14.9 Å². The van der Waals surface area contributed by atoms with Crippen LogP contribution in [0.3, 0.4) is 0 Å². The van der Waals surface area contributed by atoms with Crippen LogP contribution in [0.15, 0.2) is 0 Å². The Hall–Kier alpha value is -0.750. The van der Waals surface area contributed by atoms with E-state index in [9.17, 15) is 9.59 Å². The molecule has 0 saturated carbocycles. The smallest absolute Gasteiger partial charge is 0.316 e. The highest BCUT2D eigenvalue weighted by Crippen LogP contribution is 2.29. The largest absolute Gasteiger partial charge is 0.481 e. The third-order valence-corrected chi connectivity index (χ3v) is 3.47. The first kappa shape index (κ1) is 16.2. The van der Waals surface area contributed by atoms with Crippen LogP contribution in [0.1, 0.15) is 33.6 Å². The molecule has 1 rings (SSSR count). The number of carboxylic acid groups (broad SMARTS) is 2.